The molecular weight excluding hydrogens is 459 g/mol. The first-order chi connectivity index (χ1) is 16.0. The first-order valence-corrected chi connectivity index (χ1v) is 12.3. The Labute approximate surface area is 205 Å². The standard InChI is InChI=1S/C25H30Cl2N4O2/c26-20-9-7-19(8-10-20)25(33)31-15-13-29(14-16-31)18-24(32)28-17-23(30-11-3-4-12-30)21-5-1-2-6-22(21)27/h1-2,5-10,23H,3-4,11-18H2,(H,28,32). The Hall–Kier alpha value is -2.12. The van der Waals surface area contributed by atoms with Gasteiger partial charge in [-0.05, 0) is 61.8 Å². The van der Waals surface area contributed by atoms with Crippen LogP contribution in [-0.2, 0) is 4.79 Å². The molecule has 2 fully saturated rings. The highest BCUT2D eigenvalue weighted by Crippen LogP contribution is 2.29. The molecule has 33 heavy (non-hydrogen) atoms. The van der Waals surface area contributed by atoms with Crippen LogP contribution in [0.4, 0.5) is 0 Å². The Bertz CT molecular complexity index is 955. The molecule has 0 aromatic heterocycles. The van der Waals surface area contributed by atoms with Gasteiger partial charge in [-0.2, -0.15) is 0 Å². The zero-order valence-corrected chi connectivity index (χ0v) is 20.2. The van der Waals surface area contributed by atoms with Crippen LogP contribution >= 0.6 is 23.2 Å². The van der Waals surface area contributed by atoms with Gasteiger partial charge in [-0.3, -0.25) is 19.4 Å². The number of likely N-dealkylation sites (tertiary alicyclic amines) is 1. The molecule has 1 unspecified atom stereocenters. The van der Waals surface area contributed by atoms with E-state index in [0.29, 0.717) is 49.9 Å². The number of rotatable bonds is 7. The molecule has 2 aromatic carbocycles. The Morgan fingerprint density at radius 2 is 1.55 bits per heavy atom. The van der Waals surface area contributed by atoms with Gasteiger partial charge in [0.15, 0.2) is 0 Å². The highest BCUT2D eigenvalue weighted by Gasteiger charge is 2.27. The summed E-state index contributed by atoms with van der Waals surface area (Å²) in [7, 11) is 0. The number of nitrogens with one attached hydrogen (secondary N) is 1. The number of carbonyl (C=O) groups is 2. The molecular formula is C25H30Cl2N4O2. The van der Waals surface area contributed by atoms with Gasteiger partial charge in [-0.15, -0.1) is 0 Å². The molecule has 2 heterocycles. The van der Waals surface area contributed by atoms with Crippen molar-refractivity contribution in [3.05, 3.63) is 69.7 Å². The van der Waals surface area contributed by atoms with Crippen LogP contribution < -0.4 is 5.32 Å². The summed E-state index contributed by atoms with van der Waals surface area (Å²) in [5.74, 6) is 0.00712. The molecule has 176 valence electrons. The number of nitrogens with zero attached hydrogens (tertiary/aromatic N) is 3. The molecule has 2 aromatic rings. The maximum Gasteiger partial charge on any atom is 0.253 e. The molecule has 2 saturated heterocycles. The van der Waals surface area contributed by atoms with E-state index in [2.05, 4.69) is 15.1 Å². The average Bonchev–Trinajstić information content (AvgIpc) is 3.35. The summed E-state index contributed by atoms with van der Waals surface area (Å²) in [6.07, 6.45) is 2.35. The van der Waals surface area contributed by atoms with Crippen molar-refractivity contribution in [3.63, 3.8) is 0 Å². The third kappa shape index (κ3) is 6.27. The van der Waals surface area contributed by atoms with Crippen molar-refractivity contribution in [1.82, 2.24) is 20.0 Å². The van der Waals surface area contributed by atoms with Crippen molar-refractivity contribution in [3.8, 4) is 0 Å². The SMILES string of the molecule is O=C(CN1CCN(C(=O)c2ccc(Cl)cc2)CC1)NCC(c1ccccc1Cl)N1CCCC1. The lowest BCUT2D eigenvalue weighted by molar-refractivity contribution is -0.122. The first kappa shape index (κ1) is 24.0. The van der Waals surface area contributed by atoms with Crippen LogP contribution in [0.15, 0.2) is 48.5 Å². The van der Waals surface area contributed by atoms with Gasteiger partial charge < -0.3 is 10.2 Å². The summed E-state index contributed by atoms with van der Waals surface area (Å²) in [5.41, 5.74) is 1.70. The van der Waals surface area contributed by atoms with Gasteiger partial charge in [0.25, 0.3) is 5.91 Å². The van der Waals surface area contributed by atoms with Gasteiger partial charge in [-0.25, -0.2) is 0 Å². The van der Waals surface area contributed by atoms with E-state index in [0.717, 1.165) is 23.7 Å². The van der Waals surface area contributed by atoms with Crippen LogP contribution in [0.2, 0.25) is 10.0 Å². The normalized spacial score (nSPS) is 18.3. The van der Waals surface area contributed by atoms with Crippen LogP contribution in [0.5, 0.6) is 0 Å². The Balaban J connectivity index is 1.27. The second-order valence-electron chi connectivity index (χ2n) is 8.66. The summed E-state index contributed by atoms with van der Waals surface area (Å²) < 4.78 is 0. The van der Waals surface area contributed by atoms with Crippen molar-refractivity contribution < 1.29 is 9.59 Å². The maximum atomic E-state index is 12.7. The number of amides is 2. The molecule has 2 amide bonds. The largest absolute Gasteiger partial charge is 0.353 e. The summed E-state index contributed by atoms with van der Waals surface area (Å²) in [6, 6.07) is 14.9. The van der Waals surface area contributed by atoms with Crippen molar-refractivity contribution in [1.29, 1.82) is 0 Å². The molecule has 0 saturated carbocycles. The Morgan fingerprint density at radius 1 is 0.879 bits per heavy atom. The Kier molecular flexibility index (Phi) is 8.25. The zero-order valence-electron chi connectivity index (χ0n) is 18.7. The number of halogens is 2. The molecule has 8 heteroatoms. The minimum absolute atomic E-state index is 0.00345. The molecule has 6 nitrogen and oxygen atoms in total. The molecule has 1 atom stereocenters. The highest BCUT2D eigenvalue weighted by atomic mass is 35.5. The molecule has 2 aliphatic heterocycles. The predicted octanol–water partition coefficient (Wildman–Crippen LogP) is 3.70. The van der Waals surface area contributed by atoms with E-state index in [4.69, 9.17) is 23.2 Å². The van der Waals surface area contributed by atoms with Crippen molar-refractivity contribution >= 4 is 35.0 Å². The molecule has 2 aliphatic rings. The lowest BCUT2D eigenvalue weighted by Gasteiger charge is -2.34. The average molecular weight is 489 g/mol. The highest BCUT2D eigenvalue weighted by molar-refractivity contribution is 6.31. The molecule has 0 aliphatic carbocycles. The van der Waals surface area contributed by atoms with Gasteiger partial charge in [0.2, 0.25) is 5.91 Å². The number of benzene rings is 2. The summed E-state index contributed by atoms with van der Waals surface area (Å²) in [4.78, 5) is 31.7. The van der Waals surface area contributed by atoms with Crippen molar-refractivity contribution in [2.24, 2.45) is 0 Å². The van der Waals surface area contributed by atoms with E-state index in [1.165, 1.54) is 12.8 Å². The van der Waals surface area contributed by atoms with Gasteiger partial charge in [0.05, 0.1) is 12.6 Å². The fraction of sp³-hybridized carbons (Fsp3) is 0.440. The molecule has 0 bridgehead atoms. The third-order valence-corrected chi connectivity index (χ3v) is 7.05. The van der Waals surface area contributed by atoms with Crippen molar-refractivity contribution in [2.45, 2.75) is 18.9 Å². The van der Waals surface area contributed by atoms with E-state index in [1.54, 1.807) is 24.3 Å². The van der Waals surface area contributed by atoms with Gasteiger partial charge >= 0.3 is 0 Å². The van der Waals surface area contributed by atoms with Crippen LogP contribution in [-0.4, -0.2) is 78.9 Å². The second-order valence-corrected chi connectivity index (χ2v) is 9.50. The summed E-state index contributed by atoms with van der Waals surface area (Å²) in [5, 5.41) is 4.48. The Morgan fingerprint density at radius 3 is 2.21 bits per heavy atom. The zero-order chi connectivity index (χ0) is 23.2. The monoisotopic (exact) mass is 488 g/mol. The number of carbonyl (C=O) groups excluding carboxylic acids is 2. The van der Waals surface area contributed by atoms with Gasteiger partial charge in [-0.1, -0.05) is 41.4 Å². The molecule has 0 spiro atoms. The van der Waals surface area contributed by atoms with Gasteiger partial charge in [0, 0.05) is 48.3 Å². The van der Waals surface area contributed by atoms with Crippen LogP contribution in [0.3, 0.4) is 0 Å². The fourth-order valence-electron chi connectivity index (χ4n) is 4.59. The maximum absolute atomic E-state index is 12.7. The van der Waals surface area contributed by atoms with Crippen LogP contribution in [0.1, 0.15) is 34.8 Å². The van der Waals surface area contributed by atoms with E-state index in [-0.39, 0.29) is 17.9 Å². The number of piperazine rings is 1. The molecule has 0 radical (unpaired) electrons. The minimum Gasteiger partial charge on any atom is -0.353 e. The number of hydrogen-bond acceptors (Lipinski definition) is 4. The van der Waals surface area contributed by atoms with E-state index < -0.39 is 0 Å². The quantitative estimate of drug-likeness (QED) is 0.645. The third-order valence-electron chi connectivity index (χ3n) is 6.46. The van der Waals surface area contributed by atoms with Gasteiger partial charge in [0.1, 0.15) is 0 Å². The topological polar surface area (TPSA) is 55.9 Å². The summed E-state index contributed by atoms with van der Waals surface area (Å²) in [6.45, 7) is 5.47. The van der Waals surface area contributed by atoms with Crippen molar-refractivity contribution in [2.75, 3.05) is 52.4 Å². The van der Waals surface area contributed by atoms with Crippen LogP contribution in [0.25, 0.3) is 0 Å². The minimum atomic E-state index is 0.00345. The molecule has 1 N–H and O–H groups in total. The lowest BCUT2D eigenvalue weighted by Crippen LogP contribution is -2.51. The molecule has 4 rings (SSSR count). The lowest BCUT2D eigenvalue weighted by atomic mass is 10.1. The first-order valence-electron chi connectivity index (χ1n) is 11.5. The van der Waals surface area contributed by atoms with E-state index >= 15 is 0 Å². The predicted molar refractivity (Wildman–Crippen MR) is 132 cm³/mol. The fourth-order valence-corrected chi connectivity index (χ4v) is 4.98. The smallest absolute Gasteiger partial charge is 0.253 e. The van der Waals surface area contributed by atoms with E-state index in [1.807, 2.05) is 29.2 Å². The second kappa shape index (κ2) is 11.3. The van der Waals surface area contributed by atoms with Crippen LogP contribution in [0, 0.1) is 0 Å². The summed E-state index contributed by atoms with van der Waals surface area (Å²) >= 11 is 12.4. The van der Waals surface area contributed by atoms with E-state index in [9.17, 15) is 9.59 Å². The number of hydrogen-bond donors (Lipinski definition) is 1.